The van der Waals surface area contributed by atoms with Crippen LogP contribution in [0.2, 0.25) is 0 Å². The van der Waals surface area contributed by atoms with Crippen molar-refractivity contribution >= 4 is 51.7 Å². The van der Waals surface area contributed by atoms with E-state index in [2.05, 4.69) is 15.9 Å². The number of thiocarbonyl (C=S) groups is 1. The number of fused-ring (bicyclic) bond motifs is 2. The predicted molar refractivity (Wildman–Crippen MR) is 171 cm³/mol. The highest BCUT2D eigenvalue weighted by molar-refractivity contribution is 8.26. The van der Waals surface area contributed by atoms with E-state index in [1.165, 1.54) is 21.4 Å². The molecule has 0 aliphatic carbocycles. The van der Waals surface area contributed by atoms with Gasteiger partial charge in [-0.25, -0.2) is 9.37 Å². The Morgan fingerprint density at radius 3 is 2.50 bits per heavy atom. The molecule has 3 aliphatic rings. The van der Waals surface area contributed by atoms with Crippen LogP contribution in [0.1, 0.15) is 22.3 Å². The van der Waals surface area contributed by atoms with Crippen LogP contribution in [-0.4, -0.2) is 62.4 Å². The Hall–Kier alpha value is -4.26. The molecule has 2 aromatic heterocycles. The third kappa shape index (κ3) is 5.56. The zero-order valence-electron chi connectivity index (χ0n) is 23.9. The minimum Gasteiger partial charge on any atom is -0.454 e. The first-order valence-corrected chi connectivity index (χ1v) is 15.4. The molecule has 12 heteroatoms. The normalized spacial score (nSPS) is 17.8. The molecule has 3 aliphatic heterocycles. The van der Waals surface area contributed by atoms with Gasteiger partial charge < -0.3 is 14.4 Å². The number of thioether (sulfide) groups is 1. The van der Waals surface area contributed by atoms with Crippen molar-refractivity contribution in [2.45, 2.75) is 20.0 Å². The fourth-order valence-corrected chi connectivity index (χ4v) is 6.81. The van der Waals surface area contributed by atoms with Crippen molar-refractivity contribution in [2.75, 3.05) is 37.9 Å². The number of amides is 1. The van der Waals surface area contributed by atoms with Crippen LogP contribution in [-0.2, 0) is 17.9 Å². The quantitative estimate of drug-likeness (QED) is 0.225. The smallest absolute Gasteiger partial charge is 0.267 e. The molecule has 44 heavy (non-hydrogen) atoms. The van der Waals surface area contributed by atoms with Gasteiger partial charge in [0.25, 0.3) is 11.5 Å². The highest BCUT2D eigenvalue weighted by Gasteiger charge is 2.33. The van der Waals surface area contributed by atoms with Gasteiger partial charge in [0.05, 0.1) is 17.0 Å². The fourth-order valence-electron chi connectivity index (χ4n) is 5.57. The second-order valence-corrected chi connectivity index (χ2v) is 12.6. The van der Waals surface area contributed by atoms with E-state index in [-0.39, 0.29) is 30.6 Å². The van der Waals surface area contributed by atoms with E-state index in [0.717, 1.165) is 59.6 Å². The number of ether oxygens (including phenoxy) is 2. The van der Waals surface area contributed by atoms with Crippen LogP contribution in [0.5, 0.6) is 11.5 Å². The van der Waals surface area contributed by atoms with E-state index in [1.54, 1.807) is 24.4 Å². The summed E-state index contributed by atoms with van der Waals surface area (Å²) in [6.07, 6.45) is 3.39. The molecule has 0 radical (unpaired) electrons. The molecule has 9 nitrogen and oxygen atoms in total. The lowest BCUT2D eigenvalue weighted by Gasteiger charge is -2.36. The molecular formula is C32H28FN5O4S2. The zero-order chi connectivity index (χ0) is 30.4. The Morgan fingerprint density at radius 1 is 0.955 bits per heavy atom. The number of anilines is 1. The van der Waals surface area contributed by atoms with Crippen molar-refractivity contribution in [3.05, 3.63) is 104 Å². The molecule has 7 rings (SSSR count). The number of carbonyl (C=O) groups is 1. The molecule has 0 unspecified atom stereocenters. The van der Waals surface area contributed by atoms with Crippen LogP contribution in [0.3, 0.4) is 0 Å². The summed E-state index contributed by atoms with van der Waals surface area (Å²) >= 11 is 6.69. The van der Waals surface area contributed by atoms with Crippen molar-refractivity contribution in [1.29, 1.82) is 0 Å². The molecule has 2 saturated heterocycles. The maximum Gasteiger partial charge on any atom is 0.267 e. The van der Waals surface area contributed by atoms with Crippen LogP contribution < -0.4 is 19.9 Å². The van der Waals surface area contributed by atoms with Crippen molar-refractivity contribution in [3.8, 4) is 11.5 Å². The lowest BCUT2D eigenvalue weighted by molar-refractivity contribution is -0.122. The second kappa shape index (κ2) is 11.7. The van der Waals surface area contributed by atoms with E-state index < -0.39 is 0 Å². The van der Waals surface area contributed by atoms with Gasteiger partial charge in [0.1, 0.15) is 21.6 Å². The van der Waals surface area contributed by atoms with Gasteiger partial charge in [-0.05, 0) is 60.0 Å². The molecule has 5 heterocycles. The van der Waals surface area contributed by atoms with Crippen LogP contribution in [0, 0.1) is 12.7 Å². The Bertz CT molecular complexity index is 1890. The molecule has 0 atom stereocenters. The summed E-state index contributed by atoms with van der Waals surface area (Å²) < 4.78 is 26.3. The minimum atomic E-state index is -0.347. The van der Waals surface area contributed by atoms with E-state index >= 15 is 0 Å². The number of piperazine rings is 1. The molecular weight excluding hydrogens is 602 g/mol. The lowest BCUT2D eigenvalue weighted by atomic mass is 10.1. The van der Waals surface area contributed by atoms with E-state index in [0.29, 0.717) is 39.3 Å². The second-order valence-electron chi connectivity index (χ2n) is 10.9. The monoisotopic (exact) mass is 629 g/mol. The maximum absolute atomic E-state index is 13.9. The summed E-state index contributed by atoms with van der Waals surface area (Å²) in [6, 6.07) is 15.7. The van der Waals surface area contributed by atoms with Gasteiger partial charge in [-0.15, -0.1) is 0 Å². The minimum absolute atomic E-state index is 0.217. The number of aryl methyl sites for hydroxylation is 1. The molecule has 0 N–H and O–H groups in total. The Labute approximate surface area is 262 Å². The van der Waals surface area contributed by atoms with Crippen LogP contribution in [0.4, 0.5) is 10.2 Å². The van der Waals surface area contributed by atoms with Crippen LogP contribution >= 0.6 is 24.0 Å². The van der Waals surface area contributed by atoms with Gasteiger partial charge in [-0.1, -0.05) is 48.2 Å². The van der Waals surface area contributed by atoms with Gasteiger partial charge in [-0.2, -0.15) is 0 Å². The van der Waals surface area contributed by atoms with Crippen molar-refractivity contribution in [3.63, 3.8) is 0 Å². The SMILES string of the molecule is Cc1ccc2nc(N3CCN(Cc4ccc5c(c4)OCO5)CC3)c(C=C3SC(=S)N(Cc4ccc(F)cc4)C3=O)c(=O)n2c1. The summed E-state index contributed by atoms with van der Waals surface area (Å²) in [7, 11) is 0. The molecule has 2 aromatic carbocycles. The molecule has 0 bridgehead atoms. The highest BCUT2D eigenvalue weighted by Crippen LogP contribution is 2.35. The Kier molecular flexibility index (Phi) is 7.57. The van der Waals surface area contributed by atoms with Gasteiger partial charge in [0.15, 0.2) is 11.5 Å². The third-order valence-electron chi connectivity index (χ3n) is 7.90. The molecule has 0 saturated carbocycles. The summed E-state index contributed by atoms with van der Waals surface area (Å²) in [4.78, 5) is 38.7. The number of benzene rings is 2. The average molecular weight is 630 g/mol. The Balaban J connectivity index is 1.16. The van der Waals surface area contributed by atoms with Gasteiger partial charge in [0.2, 0.25) is 6.79 Å². The first-order chi connectivity index (χ1) is 21.3. The summed E-state index contributed by atoms with van der Waals surface area (Å²) in [6.45, 7) is 5.99. The number of nitrogens with zero attached hydrogens (tertiary/aromatic N) is 5. The Morgan fingerprint density at radius 2 is 1.70 bits per heavy atom. The number of aromatic nitrogens is 2. The van der Waals surface area contributed by atoms with Crippen LogP contribution in [0.15, 0.2) is 70.5 Å². The van der Waals surface area contributed by atoms with Gasteiger partial charge in [-0.3, -0.25) is 23.8 Å². The van der Waals surface area contributed by atoms with Crippen LogP contribution in [0.25, 0.3) is 11.7 Å². The molecule has 0 spiro atoms. The van der Waals surface area contributed by atoms with Crippen molar-refractivity contribution < 1.29 is 18.7 Å². The number of carbonyl (C=O) groups excluding carboxylic acids is 1. The molecule has 4 aromatic rings. The third-order valence-corrected chi connectivity index (χ3v) is 9.28. The topological polar surface area (TPSA) is 79.6 Å². The lowest BCUT2D eigenvalue weighted by Crippen LogP contribution is -2.47. The maximum atomic E-state index is 13.9. The average Bonchev–Trinajstić information content (AvgIpc) is 3.59. The van der Waals surface area contributed by atoms with E-state index in [9.17, 15) is 14.0 Å². The first kappa shape index (κ1) is 28.5. The standard InChI is InChI=1S/C32H28FN5O4S2/c1-20-2-9-28-34-29(36-12-10-35(11-13-36)17-22-5-8-25-26(14-22)42-19-41-25)24(30(39)37(28)16-20)15-27-31(40)38(32(43)44-27)18-21-3-6-23(33)7-4-21/h2-9,14-16H,10-13,17-19H2,1H3. The molecule has 2 fully saturated rings. The van der Waals surface area contributed by atoms with Gasteiger partial charge in [0, 0.05) is 38.9 Å². The summed E-state index contributed by atoms with van der Waals surface area (Å²) in [5.41, 5.74) is 3.46. The number of hydrogen-bond donors (Lipinski definition) is 0. The number of halogens is 1. The number of rotatable bonds is 6. The first-order valence-electron chi connectivity index (χ1n) is 14.2. The summed E-state index contributed by atoms with van der Waals surface area (Å²) in [5.74, 6) is 1.44. The predicted octanol–water partition coefficient (Wildman–Crippen LogP) is 4.59. The fraction of sp³-hybridized carbons (Fsp3) is 0.250. The number of hydrogen-bond acceptors (Lipinski definition) is 9. The van der Waals surface area contributed by atoms with E-state index in [1.807, 2.05) is 31.2 Å². The van der Waals surface area contributed by atoms with E-state index in [4.69, 9.17) is 26.7 Å². The molecule has 1 amide bonds. The van der Waals surface area contributed by atoms with Crippen molar-refractivity contribution in [2.24, 2.45) is 0 Å². The highest BCUT2D eigenvalue weighted by atomic mass is 32.2. The molecule has 224 valence electrons. The number of pyridine rings is 1. The van der Waals surface area contributed by atoms with Crippen molar-refractivity contribution in [1.82, 2.24) is 19.2 Å². The zero-order valence-corrected chi connectivity index (χ0v) is 25.5. The summed E-state index contributed by atoms with van der Waals surface area (Å²) in [5, 5.41) is 0. The largest absolute Gasteiger partial charge is 0.454 e. The van der Waals surface area contributed by atoms with Gasteiger partial charge >= 0.3 is 0 Å².